The maximum absolute atomic E-state index is 11.9. The van der Waals surface area contributed by atoms with Crippen molar-refractivity contribution in [2.75, 3.05) is 38.1 Å². The van der Waals surface area contributed by atoms with E-state index in [0.29, 0.717) is 50.1 Å². The van der Waals surface area contributed by atoms with Crippen LogP contribution in [-0.4, -0.2) is 61.6 Å². The van der Waals surface area contributed by atoms with Crippen molar-refractivity contribution in [3.8, 4) is 0 Å². The van der Waals surface area contributed by atoms with Crippen LogP contribution in [0.25, 0.3) is 0 Å². The summed E-state index contributed by atoms with van der Waals surface area (Å²) in [6.07, 6.45) is 0. The Hall–Kier alpha value is -2.57. The second-order valence-corrected chi connectivity index (χ2v) is 8.00. The van der Waals surface area contributed by atoms with Crippen LogP contribution in [0.3, 0.4) is 0 Å². The molecule has 0 amide bonds. The van der Waals surface area contributed by atoms with E-state index in [0.717, 1.165) is 6.07 Å². The van der Waals surface area contributed by atoms with Gasteiger partial charge in [-0.25, -0.2) is 13.1 Å². The topological polar surface area (TPSA) is 135 Å². The first kappa shape index (κ1) is 19.2. The van der Waals surface area contributed by atoms with Gasteiger partial charge in [0.15, 0.2) is 5.82 Å². The minimum atomic E-state index is -3.75. The number of nitro benzene ring substituents is 1. The van der Waals surface area contributed by atoms with Gasteiger partial charge in [-0.2, -0.15) is 4.98 Å². The van der Waals surface area contributed by atoms with Crippen molar-refractivity contribution in [2.45, 2.75) is 18.4 Å². The van der Waals surface area contributed by atoms with Crippen LogP contribution in [0.5, 0.6) is 0 Å². The van der Waals surface area contributed by atoms with Crippen LogP contribution in [0, 0.1) is 17.0 Å². The van der Waals surface area contributed by atoms with Crippen LogP contribution in [0.15, 0.2) is 27.6 Å². The van der Waals surface area contributed by atoms with Gasteiger partial charge in [-0.05, 0) is 26.1 Å². The Morgan fingerprint density at radius 1 is 1.30 bits per heavy atom. The zero-order valence-corrected chi connectivity index (χ0v) is 15.8. The second kappa shape index (κ2) is 7.58. The SMILES string of the molecule is CNS(=O)(=O)c1ccc(N2CCN(Cc3nc(C)no3)CC2)c([N+](=O)[O-])c1. The summed E-state index contributed by atoms with van der Waals surface area (Å²) in [4.78, 5) is 18.9. The van der Waals surface area contributed by atoms with Gasteiger partial charge in [0, 0.05) is 32.2 Å². The van der Waals surface area contributed by atoms with E-state index >= 15 is 0 Å². The molecule has 12 heteroatoms. The molecule has 2 aromatic rings. The van der Waals surface area contributed by atoms with E-state index in [-0.39, 0.29) is 10.6 Å². The average molecular weight is 396 g/mol. The number of rotatable bonds is 6. The smallest absolute Gasteiger partial charge is 0.293 e. The van der Waals surface area contributed by atoms with E-state index in [1.807, 2.05) is 4.90 Å². The Kier molecular flexibility index (Phi) is 5.39. The average Bonchev–Trinajstić information content (AvgIpc) is 3.06. The van der Waals surface area contributed by atoms with Crippen molar-refractivity contribution in [3.63, 3.8) is 0 Å². The van der Waals surface area contributed by atoms with Crippen LogP contribution in [0.4, 0.5) is 11.4 Å². The molecule has 1 aliphatic heterocycles. The molecule has 0 spiro atoms. The predicted octanol–water partition coefficient (Wildman–Crippen LogP) is 0.517. The summed E-state index contributed by atoms with van der Waals surface area (Å²) in [6, 6.07) is 3.95. The molecule has 3 rings (SSSR count). The normalized spacial score (nSPS) is 15.9. The Morgan fingerprint density at radius 3 is 2.56 bits per heavy atom. The number of nitrogens with one attached hydrogen (secondary N) is 1. The Labute approximate surface area is 156 Å². The van der Waals surface area contributed by atoms with E-state index in [1.54, 1.807) is 6.92 Å². The maximum Gasteiger partial charge on any atom is 0.293 e. The van der Waals surface area contributed by atoms with E-state index in [4.69, 9.17) is 4.52 Å². The first-order valence-electron chi connectivity index (χ1n) is 8.28. The van der Waals surface area contributed by atoms with E-state index < -0.39 is 14.9 Å². The standard InChI is InChI=1S/C15H20N6O5S/c1-11-17-15(26-18-11)10-19-5-7-20(8-6-19)13-4-3-12(27(24,25)16-2)9-14(13)21(22)23/h3-4,9,16H,5-8,10H2,1-2H3. The number of piperazine rings is 1. The zero-order valence-electron chi connectivity index (χ0n) is 15.0. The van der Waals surface area contributed by atoms with Gasteiger partial charge in [0.1, 0.15) is 5.69 Å². The summed E-state index contributed by atoms with van der Waals surface area (Å²) in [5, 5.41) is 15.2. The van der Waals surface area contributed by atoms with Gasteiger partial charge in [-0.1, -0.05) is 5.16 Å². The number of benzene rings is 1. The van der Waals surface area contributed by atoms with Gasteiger partial charge in [-0.15, -0.1) is 0 Å². The van der Waals surface area contributed by atoms with Gasteiger partial charge in [0.2, 0.25) is 15.9 Å². The molecule has 1 aromatic carbocycles. The summed E-state index contributed by atoms with van der Waals surface area (Å²) in [7, 11) is -2.48. The Balaban J connectivity index is 1.74. The lowest BCUT2D eigenvalue weighted by atomic mass is 10.2. The summed E-state index contributed by atoms with van der Waals surface area (Å²) in [5.74, 6) is 1.12. The molecule has 1 saturated heterocycles. The molecule has 1 aliphatic rings. The fourth-order valence-electron chi connectivity index (χ4n) is 2.94. The molecule has 0 atom stereocenters. The summed E-state index contributed by atoms with van der Waals surface area (Å²) < 4.78 is 31.1. The predicted molar refractivity (Wildman–Crippen MR) is 95.9 cm³/mol. The monoisotopic (exact) mass is 396 g/mol. The third-order valence-corrected chi connectivity index (χ3v) is 5.78. The molecule has 1 fully saturated rings. The lowest BCUT2D eigenvalue weighted by Crippen LogP contribution is -2.46. The van der Waals surface area contributed by atoms with Crippen molar-refractivity contribution >= 4 is 21.4 Å². The highest BCUT2D eigenvalue weighted by atomic mass is 32.2. The molecule has 0 unspecified atom stereocenters. The number of hydrogen-bond donors (Lipinski definition) is 1. The molecule has 1 N–H and O–H groups in total. The van der Waals surface area contributed by atoms with Gasteiger partial charge in [0.05, 0.1) is 16.4 Å². The molecular formula is C15H20N6O5S. The number of anilines is 1. The lowest BCUT2D eigenvalue weighted by Gasteiger charge is -2.35. The second-order valence-electron chi connectivity index (χ2n) is 6.11. The first-order valence-corrected chi connectivity index (χ1v) is 9.77. The molecule has 2 heterocycles. The fourth-order valence-corrected chi connectivity index (χ4v) is 3.69. The molecule has 1 aromatic heterocycles. The number of hydrogen-bond acceptors (Lipinski definition) is 9. The highest BCUT2D eigenvalue weighted by Gasteiger charge is 2.26. The lowest BCUT2D eigenvalue weighted by molar-refractivity contribution is -0.384. The third kappa shape index (κ3) is 4.23. The van der Waals surface area contributed by atoms with Gasteiger partial charge in [-0.3, -0.25) is 15.0 Å². The van der Waals surface area contributed by atoms with Gasteiger partial charge >= 0.3 is 0 Å². The minimum absolute atomic E-state index is 0.133. The number of aromatic nitrogens is 2. The van der Waals surface area contributed by atoms with E-state index in [2.05, 4.69) is 19.8 Å². The molecule has 27 heavy (non-hydrogen) atoms. The van der Waals surface area contributed by atoms with Crippen molar-refractivity contribution in [3.05, 3.63) is 40.0 Å². The largest absolute Gasteiger partial charge is 0.363 e. The van der Waals surface area contributed by atoms with Crippen molar-refractivity contribution in [2.24, 2.45) is 0 Å². The van der Waals surface area contributed by atoms with Gasteiger partial charge < -0.3 is 9.42 Å². The Bertz CT molecular complexity index is 936. The number of nitro groups is 1. The quantitative estimate of drug-likeness (QED) is 0.547. The molecule has 11 nitrogen and oxygen atoms in total. The van der Waals surface area contributed by atoms with Crippen LogP contribution < -0.4 is 9.62 Å². The number of nitrogens with zero attached hydrogens (tertiary/aromatic N) is 5. The van der Waals surface area contributed by atoms with Crippen molar-refractivity contribution in [1.29, 1.82) is 0 Å². The van der Waals surface area contributed by atoms with Crippen LogP contribution in [0.2, 0.25) is 0 Å². The molecular weight excluding hydrogens is 376 g/mol. The summed E-state index contributed by atoms with van der Waals surface area (Å²) in [6.45, 7) is 4.72. The molecule has 146 valence electrons. The highest BCUT2D eigenvalue weighted by Crippen LogP contribution is 2.31. The minimum Gasteiger partial charge on any atom is -0.363 e. The van der Waals surface area contributed by atoms with Crippen molar-refractivity contribution in [1.82, 2.24) is 19.8 Å². The maximum atomic E-state index is 11.9. The summed E-state index contributed by atoms with van der Waals surface area (Å²) in [5.41, 5.74) is 0.177. The molecule has 0 bridgehead atoms. The first-order chi connectivity index (χ1) is 12.8. The van der Waals surface area contributed by atoms with Crippen LogP contribution in [-0.2, 0) is 16.6 Å². The third-order valence-electron chi connectivity index (χ3n) is 4.36. The molecule has 0 saturated carbocycles. The van der Waals surface area contributed by atoms with Crippen LogP contribution >= 0.6 is 0 Å². The Morgan fingerprint density at radius 2 is 2.00 bits per heavy atom. The van der Waals surface area contributed by atoms with E-state index in [9.17, 15) is 18.5 Å². The number of aryl methyl sites for hydroxylation is 1. The highest BCUT2D eigenvalue weighted by molar-refractivity contribution is 7.89. The van der Waals surface area contributed by atoms with E-state index in [1.165, 1.54) is 19.2 Å². The fraction of sp³-hybridized carbons (Fsp3) is 0.467. The molecule has 0 radical (unpaired) electrons. The summed E-state index contributed by atoms with van der Waals surface area (Å²) >= 11 is 0. The van der Waals surface area contributed by atoms with Crippen molar-refractivity contribution < 1.29 is 17.9 Å². The van der Waals surface area contributed by atoms with Crippen LogP contribution in [0.1, 0.15) is 11.7 Å². The zero-order chi connectivity index (χ0) is 19.6. The molecule has 0 aliphatic carbocycles. The number of sulfonamides is 1. The van der Waals surface area contributed by atoms with Gasteiger partial charge in [0.25, 0.3) is 5.69 Å².